The number of aliphatic imine (C=N–C) groups is 1. The lowest BCUT2D eigenvalue weighted by Gasteiger charge is -2.31. The Morgan fingerprint density at radius 3 is 2.36 bits per heavy atom. The third-order valence-electron chi connectivity index (χ3n) is 3.94. The van der Waals surface area contributed by atoms with Crippen molar-refractivity contribution in [2.45, 2.75) is 57.8 Å². The predicted octanol–water partition coefficient (Wildman–Crippen LogP) is 3.83. The first-order chi connectivity index (χ1) is 6.97. The van der Waals surface area contributed by atoms with Gasteiger partial charge in [-0.1, -0.05) is 38.5 Å². The molecule has 1 fully saturated rings. The molecule has 14 heavy (non-hydrogen) atoms. The second kappa shape index (κ2) is 5.53. The van der Waals surface area contributed by atoms with Gasteiger partial charge >= 0.3 is 0 Å². The monoisotopic (exact) mass is 193 g/mol. The minimum Gasteiger partial charge on any atom is -0.297 e. The molecule has 0 aromatic heterocycles. The number of hydrogen-bond acceptors (Lipinski definition) is 1. The Morgan fingerprint density at radius 1 is 0.786 bits per heavy atom. The maximum atomic E-state index is 4.59. The molecule has 1 heterocycles. The smallest absolute Gasteiger partial charge is 0.0416 e. The van der Waals surface area contributed by atoms with Crippen molar-refractivity contribution in [1.82, 2.24) is 0 Å². The second-order valence-electron chi connectivity index (χ2n) is 4.99. The molecule has 0 N–H and O–H groups in total. The van der Waals surface area contributed by atoms with Gasteiger partial charge in [0.15, 0.2) is 0 Å². The molecule has 1 saturated carbocycles. The van der Waals surface area contributed by atoms with Crippen LogP contribution < -0.4 is 0 Å². The number of rotatable bonds is 0. The van der Waals surface area contributed by atoms with Crippen molar-refractivity contribution in [3.05, 3.63) is 0 Å². The Kier molecular flexibility index (Phi) is 4.03. The molecule has 2 aliphatic rings. The maximum absolute atomic E-state index is 4.59. The molecule has 2 rings (SSSR count). The molecule has 80 valence electrons. The Balaban J connectivity index is 1.92. The van der Waals surface area contributed by atoms with Crippen LogP contribution in [0.2, 0.25) is 0 Å². The van der Waals surface area contributed by atoms with Crippen molar-refractivity contribution in [2.75, 3.05) is 6.54 Å². The van der Waals surface area contributed by atoms with E-state index in [1.165, 1.54) is 57.8 Å². The normalized spacial score (nSPS) is 34.9. The average molecular weight is 193 g/mol. The molecule has 0 spiro atoms. The zero-order chi connectivity index (χ0) is 9.64. The van der Waals surface area contributed by atoms with Crippen LogP contribution in [0.15, 0.2) is 4.99 Å². The van der Waals surface area contributed by atoms with Crippen LogP contribution in [0.3, 0.4) is 0 Å². The SMILES string of the molecule is C1=NCC2CCCCC2CCCCC1. The van der Waals surface area contributed by atoms with Crippen molar-refractivity contribution in [1.29, 1.82) is 0 Å². The summed E-state index contributed by atoms with van der Waals surface area (Å²) in [4.78, 5) is 4.59. The summed E-state index contributed by atoms with van der Waals surface area (Å²) in [5, 5.41) is 0. The molecule has 1 aliphatic heterocycles. The highest BCUT2D eigenvalue weighted by Crippen LogP contribution is 2.34. The minimum atomic E-state index is 0.929. The van der Waals surface area contributed by atoms with Crippen molar-refractivity contribution >= 4 is 6.21 Å². The van der Waals surface area contributed by atoms with Crippen molar-refractivity contribution in [3.8, 4) is 0 Å². The van der Waals surface area contributed by atoms with Crippen LogP contribution in [0.1, 0.15) is 57.8 Å². The Hall–Kier alpha value is -0.330. The molecule has 2 unspecified atom stereocenters. The van der Waals surface area contributed by atoms with Gasteiger partial charge in [-0.05, 0) is 37.3 Å². The lowest BCUT2D eigenvalue weighted by molar-refractivity contribution is 0.224. The van der Waals surface area contributed by atoms with Crippen LogP contribution >= 0.6 is 0 Å². The molecule has 0 aromatic rings. The van der Waals surface area contributed by atoms with E-state index in [0.29, 0.717) is 0 Å². The molecule has 0 saturated heterocycles. The summed E-state index contributed by atoms with van der Waals surface area (Å²) in [6, 6.07) is 0. The van der Waals surface area contributed by atoms with Gasteiger partial charge in [0.2, 0.25) is 0 Å². The van der Waals surface area contributed by atoms with E-state index < -0.39 is 0 Å². The lowest BCUT2D eigenvalue weighted by atomic mass is 9.76. The van der Waals surface area contributed by atoms with Crippen molar-refractivity contribution in [2.24, 2.45) is 16.8 Å². The van der Waals surface area contributed by atoms with E-state index in [4.69, 9.17) is 0 Å². The lowest BCUT2D eigenvalue weighted by Crippen LogP contribution is -2.22. The zero-order valence-corrected chi connectivity index (χ0v) is 9.25. The van der Waals surface area contributed by atoms with Crippen LogP contribution in [0, 0.1) is 11.8 Å². The summed E-state index contributed by atoms with van der Waals surface area (Å²) in [5.41, 5.74) is 0. The van der Waals surface area contributed by atoms with E-state index in [1.807, 2.05) is 0 Å². The number of nitrogens with zero attached hydrogens (tertiary/aromatic N) is 1. The molecule has 0 radical (unpaired) electrons. The van der Waals surface area contributed by atoms with Gasteiger partial charge in [0.05, 0.1) is 0 Å². The molecular formula is C13H23N. The Labute approximate surface area is 88.0 Å². The fourth-order valence-corrected chi connectivity index (χ4v) is 3.02. The van der Waals surface area contributed by atoms with Gasteiger partial charge in [-0.25, -0.2) is 0 Å². The van der Waals surface area contributed by atoms with Crippen LogP contribution in [0.5, 0.6) is 0 Å². The first kappa shape index (κ1) is 10.2. The zero-order valence-electron chi connectivity index (χ0n) is 9.25. The molecule has 0 amide bonds. The highest BCUT2D eigenvalue weighted by atomic mass is 14.7. The van der Waals surface area contributed by atoms with Crippen LogP contribution in [0.4, 0.5) is 0 Å². The van der Waals surface area contributed by atoms with Gasteiger partial charge in [0.25, 0.3) is 0 Å². The third kappa shape index (κ3) is 2.83. The second-order valence-corrected chi connectivity index (χ2v) is 4.99. The first-order valence-electron chi connectivity index (χ1n) is 6.45. The van der Waals surface area contributed by atoms with E-state index in [-0.39, 0.29) is 0 Å². The molecule has 1 nitrogen and oxygen atoms in total. The molecule has 0 aromatic carbocycles. The van der Waals surface area contributed by atoms with E-state index in [9.17, 15) is 0 Å². The Morgan fingerprint density at radius 2 is 1.50 bits per heavy atom. The summed E-state index contributed by atoms with van der Waals surface area (Å²) >= 11 is 0. The summed E-state index contributed by atoms with van der Waals surface area (Å²) in [7, 11) is 0. The summed E-state index contributed by atoms with van der Waals surface area (Å²) in [6.07, 6.45) is 15.0. The average Bonchev–Trinajstić information content (AvgIpc) is 2.25. The van der Waals surface area contributed by atoms with E-state index in [2.05, 4.69) is 11.2 Å². The van der Waals surface area contributed by atoms with Crippen molar-refractivity contribution in [3.63, 3.8) is 0 Å². The maximum Gasteiger partial charge on any atom is 0.0416 e. The van der Waals surface area contributed by atoms with Gasteiger partial charge in [-0.2, -0.15) is 0 Å². The number of fused-ring (bicyclic) bond motifs is 1. The Bertz CT molecular complexity index is 186. The van der Waals surface area contributed by atoms with Crippen LogP contribution in [-0.4, -0.2) is 12.8 Å². The summed E-state index contributed by atoms with van der Waals surface area (Å²) in [5.74, 6) is 1.94. The summed E-state index contributed by atoms with van der Waals surface area (Å²) in [6.45, 7) is 1.13. The minimum absolute atomic E-state index is 0.929. The van der Waals surface area contributed by atoms with Gasteiger partial charge in [0, 0.05) is 6.54 Å². The first-order valence-corrected chi connectivity index (χ1v) is 6.45. The molecule has 2 atom stereocenters. The molecular weight excluding hydrogens is 170 g/mol. The predicted molar refractivity (Wildman–Crippen MR) is 61.9 cm³/mol. The van der Waals surface area contributed by atoms with Gasteiger partial charge in [-0.3, -0.25) is 4.99 Å². The van der Waals surface area contributed by atoms with Gasteiger partial charge in [-0.15, -0.1) is 0 Å². The quantitative estimate of drug-likeness (QED) is 0.554. The largest absolute Gasteiger partial charge is 0.297 e. The van der Waals surface area contributed by atoms with Crippen LogP contribution in [0.25, 0.3) is 0 Å². The molecule has 1 heteroatoms. The third-order valence-corrected chi connectivity index (χ3v) is 3.94. The van der Waals surface area contributed by atoms with E-state index >= 15 is 0 Å². The highest BCUT2D eigenvalue weighted by molar-refractivity contribution is 5.56. The topological polar surface area (TPSA) is 12.4 Å². The van der Waals surface area contributed by atoms with Gasteiger partial charge < -0.3 is 0 Å². The summed E-state index contributed by atoms with van der Waals surface area (Å²) < 4.78 is 0. The fourth-order valence-electron chi connectivity index (χ4n) is 3.02. The van der Waals surface area contributed by atoms with Gasteiger partial charge in [0.1, 0.15) is 0 Å². The van der Waals surface area contributed by atoms with E-state index in [1.54, 1.807) is 0 Å². The van der Waals surface area contributed by atoms with Crippen LogP contribution in [-0.2, 0) is 0 Å². The highest BCUT2D eigenvalue weighted by Gasteiger charge is 2.24. The molecule has 1 aliphatic carbocycles. The molecule has 0 bridgehead atoms. The van der Waals surface area contributed by atoms with Crippen molar-refractivity contribution < 1.29 is 0 Å². The standard InChI is InChI=1S/C13H23N/c1-2-6-10-14-11-13-9-5-4-8-12(13)7-3-1/h10,12-13H,1-9,11H2. The fraction of sp³-hybridized carbons (Fsp3) is 0.923. The number of hydrogen-bond donors (Lipinski definition) is 0. The van der Waals surface area contributed by atoms with E-state index in [0.717, 1.165) is 18.4 Å².